The molecule has 0 spiro atoms. The number of amides is 1. The zero-order valence-corrected chi connectivity index (χ0v) is 12.5. The summed E-state index contributed by atoms with van der Waals surface area (Å²) in [5, 5.41) is 9.99. The maximum absolute atomic E-state index is 10.9. The average molecular weight is 324 g/mol. The highest BCUT2D eigenvalue weighted by Gasteiger charge is 2.08. The maximum atomic E-state index is 10.9. The zero-order valence-electron chi connectivity index (χ0n) is 11.7. The molecule has 0 saturated heterocycles. The second-order valence-electron chi connectivity index (χ2n) is 4.77. The number of rotatable bonds is 3. The Balaban J connectivity index is 2.09. The van der Waals surface area contributed by atoms with Crippen molar-refractivity contribution in [3.05, 3.63) is 53.1 Å². The smallest absolute Gasteiger partial charge is 0.241 e. The molecule has 0 unspecified atom stereocenters. The van der Waals surface area contributed by atoms with Gasteiger partial charge in [0.15, 0.2) is 5.69 Å². The third-order valence-electron chi connectivity index (χ3n) is 3.27. The van der Waals surface area contributed by atoms with Crippen molar-refractivity contribution in [3.63, 3.8) is 0 Å². The van der Waals surface area contributed by atoms with E-state index in [0.29, 0.717) is 5.65 Å². The zero-order chi connectivity index (χ0) is 16.4. The van der Waals surface area contributed by atoms with E-state index in [4.69, 9.17) is 22.6 Å². The Bertz CT molecular complexity index is 984. The van der Waals surface area contributed by atoms with Crippen molar-refractivity contribution in [2.45, 2.75) is 0 Å². The highest BCUT2D eigenvalue weighted by molar-refractivity contribution is 6.31. The van der Waals surface area contributed by atoms with Gasteiger partial charge in [0.1, 0.15) is 11.7 Å². The van der Waals surface area contributed by atoms with Gasteiger partial charge < -0.3 is 10.7 Å². The number of aromatic nitrogens is 3. The fraction of sp³-hybridized carbons (Fsp3) is 0. The minimum atomic E-state index is -0.522. The van der Waals surface area contributed by atoms with Gasteiger partial charge in [0, 0.05) is 46.7 Å². The molecular formula is C16H10ClN5O. The van der Waals surface area contributed by atoms with Crippen LogP contribution in [0.5, 0.6) is 0 Å². The molecule has 3 aromatic heterocycles. The molecule has 3 N–H and O–H groups in total. The van der Waals surface area contributed by atoms with E-state index in [1.54, 1.807) is 30.7 Å². The standard InChI is InChI=1S/C16H10ClN5O/c17-13-4-11(7-20-14(13)5-18)10-3-12-9(1-2-15(19)23)6-21-16(12)22-8-10/h1-4,6-8H,(H2,19,23)(H,21,22). The van der Waals surface area contributed by atoms with E-state index in [1.165, 1.54) is 6.08 Å². The third kappa shape index (κ3) is 2.91. The lowest BCUT2D eigenvalue weighted by Gasteiger charge is -2.03. The molecule has 0 saturated carbocycles. The van der Waals surface area contributed by atoms with Crippen molar-refractivity contribution in [3.8, 4) is 17.2 Å². The monoisotopic (exact) mass is 323 g/mol. The summed E-state index contributed by atoms with van der Waals surface area (Å²) in [6.07, 6.45) is 7.90. The van der Waals surface area contributed by atoms with E-state index >= 15 is 0 Å². The molecule has 6 nitrogen and oxygen atoms in total. The number of fused-ring (bicyclic) bond motifs is 1. The molecule has 0 atom stereocenters. The highest BCUT2D eigenvalue weighted by Crippen LogP contribution is 2.27. The summed E-state index contributed by atoms with van der Waals surface area (Å²) in [6.45, 7) is 0. The number of pyridine rings is 2. The topological polar surface area (TPSA) is 108 Å². The van der Waals surface area contributed by atoms with Crippen molar-refractivity contribution >= 4 is 34.6 Å². The Labute approximate surface area is 136 Å². The summed E-state index contributed by atoms with van der Waals surface area (Å²) in [5.74, 6) is -0.522. The summed E-state index contributed by atoms with van der Waals surface area (Å²) in [4.78, 5) is 22.3. The van der Waals surface area contributed by atoms with Crippen LogP contribution in [0.2, 0.25) is 5.02 Å². The Hall–Kier alpha value is -3.17. The summed E-state index contributed by atoms with van der Waals surface area (Å²) in [6, 6.07) is 5.49. The molecule has 7 heteroatoms. The van der Waals surface area contributed by atoms with E-state index in [1.807, 2.05) is 12.1 Å². The number of aromatic amines is 1. The molecule has 3 heterocycles. The molecule has 3 aromatic rings. The average Bonchev–Trinajstić information content (AvgIpc) is 2.95. The van der Waals surface area contributed by atoms with Crippen LogP contribution in [0.1, 0.15) is 11.3 Å². The van der Waals surface area contributed by atoms with Gasteiger partial charge in [-0.25, -0.2) is 9.97 Å². The largest absolute Gasteiger partial charge is 0.366 e. The molecule has 0 aliphatic carbocycles. The van der Waals surface area contributed by atoms with E-state index in [2.05, 4.69) is 15.0 Å². The Kier molecular flexibility index (Phi) is 3.79. The van der Waals surface area contributed by atoms with Crippen LogP contribution >= 0.6 is 11.6 Å². The predicted molar refractivity (Wildman–Crippen MR) is 87.3 cm³/mol. The minimum absolute atomic E-state index is 0.177. The van der Waals surface area contributed by atoms with E-state index < -0.39 is 5.91 Å². The lowest BCUT2D eigenvalue weighted by Crippen LogP contribution is -2.04. The number of hydrogen-bond acceptors (Lipinski definition) is 4. The molecular weight excluding hydrogens is 314 g/mol. The first-order valence-corrected chi connectivity index (χ1v) is 6.97. The van der Waals surface area contributed by atoms with Crippen molar-refractivity contribution in [1.82, 2.24) is 15.0 Å². The quantitative estimate of drug-likeness (QED) is 0.722. The lowest BCUT2D eigenvalue weighted by molar-refractivity contribution is -0.113. The number of hydrogen-bond donors (Lipinski definition) is 2. The van der Waals surface area contributed by atoms with Gasteiger partial charge in [0.2, 0.25) is 5.91 Å². The Morgan fingerprint density at radius 3 is 2.74 bits per heavy atom. The lowest BCUT2D eigenvalue weighted by atomic mass is 10.1. The van der Waals surface area contributed by atoms with Gasteiger partial charge in [0.25, 0.3) is 0 Å². The van der Waals surface area contributed by atoms with E-state index in [0.717, 1.165) is 22.1 Å². The second-order valence-corrected chi connectivity index (χ2v) is 5.17. The molecule has 0 bridgehead atoms. The number of nitrogens with zero attached hydrogens (tertiary/aromatic N) is 3. The molecule has 0 aliphatic heterocycles. The van der Waals surface area contributed by atoms with Crippen molar-refractivity contribution < 1.29 is 4.79 Å². The van der Waals surface area contributed by atoms with Crippen LogP contribution in [-0.4, -0.2) is 20.9 Å². The Morgan fingerprint density at radius 2 is 2.04 bits per heavy atom. The minimum Gasteiger partial charge on any atom is -0.366 e. The van der Waals surface area contributed by atoms with Gasteiger partial charge in [0.05, 0.1) is 5.02 Å². The molecule has 3 rings (SSSR count). The van der Waals surface area contributed by atoms with Gasteiger partial charge in [-0.3, -0.25) is 4.79 Å². The fourth-order valence-corrected chi connectivity index (χ4v) is 2.38. The third-order valence-corrected chi connectivity index (χ3v) is 3.56. The van der Waals surface area contributed by atoms with Crippen molar-refractivity contribution in [1.29, 1.82) is 5.26 Å². The Morgan fingerprint density at radius 1 is 1.30 bits per heavy atom. The van der Waals surface area contributed by atoms with Gasteiger partial charge in [-0.15, -0.1) is 0 Å². The number of H-pyrrole nitrogens is 1. The van der Waals surface area contributed by atoms with Crippen LogP contribution in [0, 0.1) is 11.3 Å². The second kappa shape index (κ2) is 5.91. The van der Waals surface area contributed by atoms with Crippen LogP contribution in [-0.2, 0) is 4.79 Å². The number of primary amides is 1. The van der Waals surface area contributed by atoms with Crippen LogP contribution in [0.25, 0.3) is 28.2 Å². The first kappa shape index (κ1) is 14.8. The van der Waals surface area contributed by atoms with Crippen LogP contribution in [0.15, 0.2) is 36.8 Å². The molecule has 0 aromatic carbocycles. The predicted octanol–water partition coefficient (Wildman–Crippen LogP) is 2.65. The van der Waals surface area contributed by atoms with Crippen LogP contribution in [0.4, 0.5) is 0 Å². The number of nitrogens with one attached hydrogen (secondary N) is 1. The van der Waals surface area contributed by atoms with E-state index in [-0.39, 0.29) is 10.7 Å². The van der Waals surface area contributed by atoms with Gasteiger partial charge in [-0.2, -0.15) is 5.26 Å². The van der Waals surface area contributed by atoms with Crippen LogP contribution < -0.4 is 5.73 Å². The van der Waals surface area contributed by atoms with Crippen molar-refractivity contribution in [2.24, 2.45) is 5.73 Å². The SMILES string of the molecule is N#Cc1ncc(-c2cnc3[nH]cc(C=CC(N)=O)c3c2)cc1Cl. The van der Waals surface area contributed by atoms with Gasteiger partial charge >= 0.3 is 0 Å². The number of carbonyl (C=O) groups is 1. The first-order chi connectivity index (χ1) is 11.1. The summed E-state index contributed by atoms with van der Waals surface area (Å²) >= 11 is 6.02. The first-order valence-electron chi connectivity index (χ1n) is 6.59. The molecule has 0 fully saturated rings. The summed E-state index contributed by atoms with van der Waals surface area (Å²) in [7, 11) is 0. The summed E-state index contributed by atoms with van der Waals surface area (Å²) < 4.78 is 0. The van der Waals surface area contributed by atoms with Gasteiger partial charge in [-0.1, -0.05) is 11.6 Å². The normalized spacial score (nSPS) is 11.0. The van der Waals surface area contributed by atoms with Gasteiger partial charge in [-0.05, 0) is 18.2 Å². The number of nitrogens with two attached hydrogens (primary N) is 1. The van der Waals surface area contributed by atoms with E-state index in [9.17, 15) is 4.79 Å². The number of halogens is 1. The van der Waals surface area contributed by atoms with Crippen molar-refractivity contribution in [2.75, 3.05) is 0 Å². The fourth-order valence-electron chi connectivity index (χ4n) is 2.17. The maximum Gasteiger partial charge on any atom is 0.241 e. The summed E-state index contributed by atoms with van der Waals surface area (Å²) in [5.41, 5.74) is 8.31. The molecule has 0 aliphatic rings. The molecule has 112 valence electrons. The molecule has 1 amide bonds. The highest BCUT2D eigenvalue weighted by atomic mass is 35.5. The number of nitriles is 1. The molecule has 0 radical (unpaired) electrons. The molecule has 23 heavy (non-hydrogen) atoms. The van der Waals surface area contributed by atoms with Crippen LogP contribution in [0.3, 0.4) is 0 Å². The number of carbonyl (C=O) groups excluding carboxylic acids is 1.